The van der Waals surface area contributed by atoms with Crippen LogP contribution >= 0.6 is 0 Å². The first-order chi connectivity index (χ1) is 5.69. The molecule has 0 aromatic heterocycles. The number of nitrogens with zero attached hydrogens (tertiary/aromatic N) is 1. The molecule has 2 amide bonds. The van der Waals surface area contributed by atoms with Gasteiger partial charge < -0.3 is 10.5 Å². The number of likely N-dealkylation sites (tertiary alicyclic amines) is 1. The van der Waals surface area contributed by atoms with Crippen molar-refractivity contribution in [2.75, 3.05) is 13.7 Å². The first-order valence-electron chi connectivity index (χ1n) is 4.28. The zero-order chi connectivity index (χ0) is 8.77. The van der Waals surface area contributed by atoms with Gasteiger partial charge in [-0.25, -0.2) is 4.79 Å². The number of hydrogen-bond acceptors (Lipinski definition) is 2. The molecule has 1 unspecified atom stereocenters. The van der Waals surface area contributed by atoms with Gasteiger partial charge in [0.15, 0.2) is 0 Å². The number of primary amides is 1. The molecular weight excluding hydrogens is 156 g/mol. The van der Waals surface area contributed by atoms with Crippen molar-refractivity contribution < 1.29 is 9.53 Å². The molecule has 1 aliphatic carbocycles. The van der Waals surface area contributed by atoms with Crippen molar-refractivity contribution in [2.45, 2.75) is 25.5 Å². The number of amides is 2. The Hall–Kier alpha value is -0.770. The van der Waals surface area contributed by atoms with E-state index in [9.17, 15) is 4.79 Å². The fraction of sp³-hybridized carbons (Fsp3) is 0.875. The normalized spacial score (nSPS) is 31.1. The minimum Gasteiger partial charge on any atom is -0.361 e. The van der Waals surface area contributed by atoms with Gasteiger partial charge in [0.1, 0.15) is 6.23 Å². The Kier molecular flexibility index (Phi) is 1.54. The zero-order valence-electron chi connectivity index (χ0n) is 7.25. The number of carbonyl (C=O) groups is 1. The van der Waals surface area contributed by atoms with Crippen LogP contribution in [-0.2, 0) is 4.74 Å². The van der Waals surface area contributed by atoms with Gasteiger partial charge in [0.05, 0.1) is 0 Å². The van der Waals surface area contributed by atoms with Crippen LogP contribution in [0.4, 0.5) is 4.79 Å². The molecule has 2 rings (SSSR count). The lowest BCUT2D eigenvalue weighted by atomic mass is 9.62. The van der Waals surface area contributed by atoms with E-state index in [0.29, 0.717) is 0 Å². The standard InChI is InChI=1S/C8H14N2O2/c1-12-6-8(3-2-4-8)5-10(6)7(9)11/h6H,2-5H2,1H3,(H2,9,11). The van der Waals surface area contributed by atoms with Crippen molar-refractivity contribution in [2.24, 2.45) is 11.1 Å². The van der Waals surface area contributed by atoms with Crippen molar-refractivity contribution in [3.05, 3.63) is 0 Å². The summed E-state index contributed by atoms with van der Waals surface area (Å²) in [4.78, 5) is 12.4. The third-order valence-electron chi connectivity index (χ3n) is 3.15. The summed E-state index contributed by atoms with van der Waals surface area (Å²) in [6, 6.07) is -0.362. The summed E-state index contributed by atoms with van der Waals surface area (Å²) in [5.74, 6) is 0. The topological polar surface area (TPSA) is 55.6 Å². The van der Waals surface area contributed by atoms with E-state index in [0.717, 1.165) is 6.54 Å². The largest absolute Gasteiger partial charge is 0.361 e. The Balaban J connectivity index is 2.03. The van der Waals surface area contributed by atoms with Gasteiger partial charge >= 0.3 is 6.03 Å². The quantitative estimate of drug-likeness (QED) is 0.623. The van der Waals surface area contributed by atoms with E-state index in [1.807, 2.05) is 0 Å². The molecule has 4 nitrogen and oxygen atoms in total. The molecule has 0 radical (unpaired) electrons. The molecule has 2 fully saturated rings. The van der Waals surface area contributed by atoms with E-state index in [4.69, 9.17) is 10.5 Å². The third-order valence-corrected chi connectivity index (χ3v) is 3.15. The van der Waals surface area contributed by atoms with Crippen LogP contribution in [0, 0.1) is 5.41 Å². The number of methoxy groups -OCH3 is 1. The summed E-state index contributed by atoms with van der Waals surface area (Å²) in [5, 5.41) is 0. The SMILES string of the molecule is COC1N(C(N)=O)CC12CCC2. The lowest BCUT2D eigenvalue weighted by Gasteiger charge is -2.60. The van der Waals surface area contributed by atoms with Gasteiger partial charge in [-0.3, -0.25) is 4.90 Å². The smallest absolute Gasteiger partial charge is 0.316 e. The average Bonchev–Trinajstić information content (AvgIpc) is 1.81. The summed E-state index contributed by atoms with van der Waals surface area (Å²) in [5.41, 5.74) is 5.44. The Bertz CT molecular complexity index is 213. The van der Waals surface area contributed by atoms with Crippen LogP contribution < -0.4 is 5.73 Å². The molecule has 1 heterocycles. The third kappa shape index (κ3) is 0.784. The van der Waals surface area contributed by atoms with E-state index in [1.165, 1.54) is 19.3 Å². The summed E-state index contributed by atoms with van der Waals surface area (Å²) in [6.45, 7) is 0.792. The number of nitrogens with two attached hydrogens (primary N) is 1. The highest BCUT2D eigenvalue weighted by Gasteiger charge is 2.57. The van der Waals surface area contributed by atoms with E-state index in [-0.39, 0.29) is 17.7 Å². The second-order valence-electron chi connectivity index (χ2n) is 3.77. The van der Waals surface area contributed by atoms with Crippen molar-refractivity contribution in [1.82, 2.24) is 4.90 Å². The fourth-order valence-corrected chi connectivity index (χ4v) is 2.33. The van der Waals surface area contributed by atoms with Crippen LogP contribution in [0.5, 0.6) is 0 Å². The Labute approximate surface area is 71.7 Å². The van der Waals surface area contributed by atoms with Gasteiger partial charge in [-0.1, -0.05) is 6.42 Å². The van der Waals surface area contributed by atoms with E-state index in [1.54, 1.807) is 12.0 Å². The molecular formula is C8H14N2O2. The number of carbonyl (C=O) groups excluding carboxylic acids is 1. The molecule has 0 aromatic rings. The second-order valence-corrected chi connectivity index (χ2v) is 3.77. The number of hydrogen-bond donors (Lipinski definition) is 1. The van der Waals surface area contributed by atoms with Crippen molar-refractivity contribution in [3.8, 4) is 0 Å². The van der Waals surface area contributed by atoms with Crippen LogP contribution in [0.15, 0.2) is 0 Å². The molecule has 12 heavy (non-hydrogen) atoms. The minimum absolute atomic E-state index is 0.0521. The summed E-state index contributed by atoms with van der Waals surface area (Å²) in [7, 11) is 1.64. The van der Waals surface area contributed by atoms with Crippen molar-refractivity contribution in [1.29, 1.82) is 0 Å². The lowest BCUT2D eigenvalue weighted by Crippen LogP contribution is -2.70. The highest BCUT2D eigenvalue weighted by Crippen LogP contribution is 2.52. The number of urea groups is 1. The maximum absolute atomic E-state index is 10.8. The predicted octanol–water partition coefficient (Wildman–Crippen LogP) is 0.523. The maximum Gasteiger partial charge on any atom is 0.316 e. The fourth-order valence-electron chi connectivity index (χ4n) is 2.33. The lowest BCUT2D eigenvalue weighted by molar-refractivity contribution is -0.215. The first kappa shape index (κ1) is 7.86. The van der Waals surface area contributed by atoms with Gasteiger partial charge in [-0.05, 0) is 12.8 Å². The zero-order valence-corrected chi connectivity index (χ0v) is 7.25. The molecule has 0 bridgehead atoms. The number of ether oxygens (including phenoxy) is 1. The molecule has 1 saturated carbocycles. The second kappa shape index (κ2) is 2.36. The molecule has 2 aliphatic rings. The van der Waals surface area contributed by atoms with Crippen LogP contribution in [-0.4, -0.2) is 30.8 Å². The minimum atomic E-state index is -0.362. The Morgan fingerprint density at radius 3 is 2.67 bits per heavy atom. The Morgan fingerprint density at radius 1 is 1.67 bits per heavy atom. The molecule has 1 atom stereocenters. The number of rotatable bonds is 1. The van der Waals surface area contributed by atoms with Gasteiger partial charge in [0, 0.05) is 19.1 Å². The predicted molar refractivity (Wildman–Crippen MR) is 43.4 cm³/mol. The van der Waals surface area contributed by atoms with Gasteiger partial charge in [-0.15, -0.1) is 0 Å². The summed E-state index contributed by atoms with van der Waals surface area (Å²) in [6.07, 6.45) is 3.56. The van der Waals surface area contributed by atoms with Crippen molar-refractivity contribution >= 4 is 6.03 Å². The van der Waals surface area contributed by atoms with E-state index < -0.39 is 0 Å². The van der Waals surface area contributed by atoms with E-state index in [2.05, 4.69) is 0 Å². The van der Waals surface area contributed by atoms with Crippen molar-refractivity contribution in [3.63, 3.8) is 0 Å². The van der Waals surface area contributed by atoms with Gasteiger partial charge in [-0.2, -0.15) is 0 Å². The monoisotopic (exact) mass is 170 g/mol. The Morgan fingerprint density at radius 2 is 2.33 bits per heavy atom. The molecule has 1 aliphatic heterocycles. The van der Waals surface area contributed by atoms with Crippen LogP contribution in [0.25, 0.3) is 0 Å². The molecule has 68 valence electrons. The molecule has 1 spiro atoms. The van der Waals surface area contributed by atoms with Gasteiger partial charge in [0.2, 0.25) is 0 Å². The molecule has 0 aromatic carbocycles. The highest BCUT2D eigenvalue weighted by molar-refractivity contribution is 5.73. The van der Waals surface area contributed by atoms with Crippen LogP contribution in [0.2, 0.25) is 0 Å². The highest BCUT2D eigenvalue weighted by atomic mass is 16.5. The average molecular weight is 170 g/mol. The summed E-state index contributed by atoms with van der Waals surface area (Å²) >= 11 is 0. The van der Waals surface area contributed by atoms with Crippen LogP contribution in [0.3, 0.4) is 0 Å². The first-order valence-corrected chi connectivity index (χ1v) is 4.28. The molecule has 2 N–H and O–H groups in total. The maximum atomic E-state index is 10.8. The van der Waals surface area contributed by atoms with Gasteiger partial charge in [0.25, 0.3) is 0 Å². The molecule has 4 heteroatoms. The van der Waals surface area contributed by atoms with Crippen LogP contribution in [0.1, 0.15) is 19.3 Å². The summed E-state index contributed by atoms with van der Waals surface area (Å²) < 4.78 is 5.24. The van der Waals surface area contributed by atoms with E-state index >= 15 is 0 Å². The molecule has 1 saturated heterocycles.